The topological polar surface area (TPSA) is 116 Å². The number of carbonyl (C=O) groups is 1. The lowest BCUT2D eigenvalue weighted by atomic mass is 9.99. The first-order valence-electron chi connectivity index (χ1n) is 10.2. The monoisotopic (exact) mass is 443 g/mol. The normalized spacial score (nSPS) is 12.2. The fraction of sp³-hybridized carbons (Fsp3) is 0.0833. The van der Waals surface area contributed by atoms with Crippen LogP contribution in [0, 0.1) is 5.82 Å². The summed E-state index contributed by atoms with van der Waals surface area (Å²) >= 11 is 0. The molecule has 164 valence electrons. The summed E-state index contributed by atoms with van der Waals surface area (Å²) in [7, 11) is 0. The van der Waals surface area contributed by atoms with E-state index in [-0.39, 0.29) is 33.7 Å². The van der Waals surface area contributed by atoms with Gasteiger partial charge in [0, 0.05) is 12.4 Å². The van der Waals surface area contributed by atoms with Gasteiger partial charge in [0.25, 0.3) is 5.91 Å². The van der Waals surface area contributed by atoms with Crippen molar-refractivity contribution in [1.29, 1.82) is 0 Å². The Morgan fingerprint density at radius 1 is 1.18 bits per heavy atom. The highest BCUT2D eigenvalue weighted by atomic mass is 19.1. The van der Waals surface area contributed by atoms with Crippen LogP contribution in [-0.2, 0) is 0 Å². The predicted octanol–water partition coefficient (Wildman–Crippen LogP) is 3.72. The Balaban J connectivity index is 1.63. The average molecular weight is 443 g/mol. The van der Waals surface area contributed by atoms with Crippen LogP contribution in [0.3, 0.4) is 0 Å². The minimum Gasteiger partial charge on any atom is -0.458 e. The number of hydrogen-bond acceptors (Lipinski definition) is 6. The summed E-state index contributed by atoms with van der Waals surface area (Å²) in [4.78, 5) is 30.7. The van der Waals surface area contributed by atoms with E-state index in [1.807, 2.05) is 6.07 Å². The molecule has 1 atom stereocenters. The maximum Gasteiger partial charge on any atom is 0.259 e. The highest BCUT2D eigenvalue weighted by Gasteiger charge is 2.25. The first kappa shape index (κ1) is 20.4. The molecule has 0 saturated heterocycles. The zero-order valence-electron chi connectivity index (χ0n) is 17.4. The van der Waals surface area contributed by atoms with Crippen molar-refractivity contribution in [3.05, 3.63) is 94.4 Å². The van der Waals surface area contributed by atoms with Crippen molar-refractivity contribution in [3.63, 3.8) is 0 Å². The van der Waals surface area contributed by atoms with Gasteiger partial charge in [0.05, 0.1) is 17.0 Å². The van der Waals surface area contributed by atoms with Gasteiger partial charge in [0.1, 0.15) is 22.7 Å². The smallest absolute Gasteiger partial charge is 0.259 e. The maximum atomic E-state index is 13.8. The van der Waals surface area contributed by atoms with Gasteiger partial charge in [-0.3, -0.25) is 9.59 Å². The van der Waals surface area contributed by atoms with Crippen LogP contribution in [0.15, 0.2) is 76.2 Å². The minimum atomic E-state index is -0.729. The molecule has 3 heterocycles. The maximum absolute atomic E-state index is 13.8. The van der Waals surface area contributed by atoms with Crippen molar-refractivity contribution < 1.29 is 13.6 Å². The van der Waals surface area contributed by atoms with Gasteiger partial charge in [-0.2, -0.15) is 0 Å². The van der Waals surface area contributed by atoms with Crippen LogP contribution >= 0.6 is 0 Å². The van der Waals surface area contributed by atoms with Crippen LogP contribution in [0.2, 0.25) is 0 Å². The molecule has 3 aromatic heterocycles. The van der Waals surface area contributed by atoms with Crippen LogP contribution in [0.1, 0.15) is 29.1 Å². The summed E-state index contributed by atoms with van der Waals surface area (Å²) in [5.41, 5.74) is 7.04. The summed E-state index contributed by atoms with van der Waals surface area (Å²) in [5.74, 6) is -0.799. The van der Waals surface area contributed by atoms with Crippen molar-refractivity contribution in [2.45, 2.75) is 13.0 Å². The predicted molar refractivity (Wildman–Crippen MR) is 121 cm³/mol. The number of amides is 1. The van der Waals surface area contributed by atoms with Crippen LogP contribution in [0.4, 0.5) is 10.2 Å². The number of rotatable bonds is 4. The van der Waals surface area contributed by atoms with Crippen molar-refractivity contribution in [3.8, 4) is 11.1 Å². The fourth-order valence-electron chi connectivity index (χ4n) is 3.82. The first-order chi connectivity index (χ1) is 15.9. The largest absolute Gasteiger partial charge is 0.458 e. The van der Waals surface area contributed by atoms with Gasteiger partial charge in [-0.15, -0.1) is 5.10 Å². The number of anilines is 1. The molecule has 33 heavy (non-hydrogen) atoms. The van der Waals surface area contributed by atoms with Crippen LogP contribution < -0.4 is 16.5 Å². The molecule has 3 N–H and O–H groups in total. The van der Waals surface area contributed by atoms with E-state index in [1.165, 1.54) is 22.8 Å². The number of nitrogens with one attached hydrogen (secondary N) is 1. The number of carbonyl (C=O) groups excluding carboxylic acids is 1. The fourth-order valence-corrected chi connectivity index (χ4v) is 3.82. The van der Waals surface area contributed by atoms with Crippen molar-refractivity contribution in [1.82, 2.24) is 19.9 Å². The van der Waals surface area contributed by atoms with Gasteiger partial charge in [0.15, 0.2) is 11.5 Å². The lowest BCUT2D eigenvalue weighted by Crippen LogP contribution is -2.28. The van der Waals surface area contributed by atoms with Gasteiger partial charge in [-0.25, -0.2) is 13.9 Å². The summed E-state index contributed by atoms with van der Waals surface area (Å²) in [6, 6.07) is 13.6. The summed E-state index contributed by atoms with van der Waals surface area (Å²) in [6.07, 6.45) is 3.17. The lowest BCUT2D eigenvalue weighted by Gasteiger charge is -2.17. The molecule has 0 saturated carbocycles. The third kappa shape index (κ3) is 3.49. The Kier molecular flexibility index (Phi) is 4.86. The molecule has 0 bridgehead atoms. The summed E-state index contributed by atoms with van der Waals surface area (Å²) in [5, 5.41) is 7.05. The van der Waals surface area contributed by atoms with E-state index < -0.39 is 23.2 Å². The molecule has 0 aliphatic carbocycles. The Morgan fingerprint density at radius 2 is 1.97 bits per heavy atom. The molecule has 9 heteroatoms. The molecular weight excluding hydrogens is 425 g/mol. The molecule has 2 aromatic carbocycles. The Hall–Kier alpha value is -4.53. The minimum absolute atomic E-state index is 0.0251. The zero-order valence-corrected chi connectivity index (χ0v) is 17.4. The average Bonchev–Trinajstić information content (AvgIpc) is 3.15. The van der Waals surface area contributed by atoms with Gasteiger partial charge in [-0.1, -0.05) is 30.3 Å². The summed E-state index contributed by atoms with van der Waals surface area (Å²) < 4.78 is 21.3. The second-order valence-corrected chi connectivity index (χ2v) is 7.52. The molecule has 5 aromatic rings. The quantitative estimate of drug-likeness (QED) is 0.437. The molecule has 0 aliphatic rings. The summed E-state index contributed by atoms with van der Waals surface area (Å²) in [6.45, 7) is 1.69. The number of aromatic nitrogens is 3. The van der Waals surface area contributed by atoms with E-state index in [2.05, 4.69) is 15.4 Å². The van der Waals surface area contributed by atoms with Gasteiger partial charge in [-0.05, 0) is 36.8 Å². The van der Waals surface area contributed by atoms with Crippen LogP contribution in [-0.4, -0.2) is 20.5 Å². The van der Waals surface area contributed by atoms with Gasteiger partial charge in [0.2, 0.25) is 5.43 Å². The van der Waals surface area contributed by atoms with E-state index in [1.54, 1.807) is 43.5 Å². The molecular formula is C24H18FN5O3. The van der Waals surface area contributed by atoms with Crippen LogP contribution in [0.25, 0.3) is 27.7 Å². The van der Waals surface area contributed by atoms with E-state index in [9.17, 15) is 14.0 Å². The van der Waals surface area contributed by atoms with E-state index in [0.29, 0.717) is 11.2 Å². The van der Waals surface area contributed by atoms with Gasteiger partial charge < -0.3 is 15.5 Å². The van der Waals surface area contributed by atoms with E-state index in [4.69, 9.17) is 10.2 Å². The van der Waals surface area contributed by atoms with Crippen molar-refractivity contribution in [2.24, 2.45) is 0 Å². The third-order valence-corrected chi connectivity index (χ3v) is 5.33. The SMILES string of the molecule is CC(NC(=O)c1c(N)nn2cccnc12)c1oc2ccc(F)cc2c(=O)c1-c1ccccc1. The Morgan fingerprint density at radius 3 is 2.76 bits per heavy atom. The molecule has 1 unspecified atom stereocenters. The van der Waals surface area contributed by atoms with Gasteiger partial charge >= 0.3 is 0 Å². The number of nitrogens with zero attached hydrogens (tertiary/aromatic N) is 3. The number of halogens is 1. The lowest BCUT2D eigenvalue weighted by molar-refractivity contribution is 0.0938. The zero-order chi connectivity index (χ0) is 23.1. The number of hydrogen-bond donors (Lipinski definition) is 2. The molecule has 0 spiro atoms. The Bertz CT molecular complexity index is 1580. The van der Waals surface area contributed by atoms with Crippen LogP contribution in [0.5, 0.6) is 0 Å². The standard InChI is InChI=1S/C24H18FN5O3/c1-13(28-24(32)19-22(26)29-30-11-5-10-27-23(19)30)21-18(14-6-3-2-4-7-14)20(31)16-12-15(25)8-9-17(16)33-21/h2-13H,1H3,(H2,26,29)(H,28,32). The number of nitrogens with two attached hydrogens (primary N) is 1. The highest BCUT2D eigenvalue weighted by molar-refractivity contribution is 6.04. The van der Waals surface area contributed by atoms with E-state index in [0.717, 1.165) is 6.07 Å². The number of nitrogen functional groups attached to an aromatic ring is 1. The molecule has 0 fully saturated rings. The number of fused-ring (bicyclic) bond motifs is 2. The molecule has 8 nitrogen and oxygen atoms in total. The molecule has 5 rings (SSSR count). The third-order valence-electron chi connectivity index (χ3n) is 5.33. The highest BCUT2D eigenvalue weighted by Crippen LogP contribution is 2.30. The number of benzene rings is 2. The molecule has 0 radical (unpaired) electrons. The molecule has 0 aliphatic heterocycles. The second kappa shape index (κ2) is 7.86. The Labute approximate surface area is 186 Å². The first-order valence-corrected chi connectivity index (χ1v) is 10.2. The second-order valence-electron chi connectivity index (χ2n) is 7.52. The molecule has 1 amide bonds. The van der Waals surface area contributed by atoms with E-state index >= 15 is 0 Å². The van der Waals surface area contributed by atoms with Crippen molar-refractivity contribution >= 4 is 28.3 Å². The van der Waals surface area contributed by atoms with Crippen molar-refractivity contribution in [2.75, 3.05) is 5.73 Å².